The first-order chi connectivity index (χ1) is 44.5. The Kier molecular flexibility index (Phi) is 21.9. The molecule has 516 valence electrons. The van der Waals surface area contributed by atoms with Crippen LogP contribution < -0.4 is 9.47 Å². The minimum Gasteiger partial charge on any atom is -0.496 e. The number of ether oxygens (including phenoxy) is 8. The van der Waals surface area contributed by atoms with Gasteiger partial charge in [0.2, 0.25) is 0 Å². The highest BCUT2D eigenvalue weighted by atomic mass is 28.3. The number of benzene rings is 4. The number of halogens is 6. The number of carboxylic acid groups (broad SMARTS) is 2. The number of aromatic nitrogens is 6. The summed E-state index contributed by atoms with van der Waals surface area (Å²) in [6.07, 6.45) is -9.88. The van der Waals surface area contributed by atoms with E-state index in [0.717, 1.165) is 19.7 Å². The molecule has 4 aromatic heterocycles. The summed E-state index contributed by atoms with van der Waals surface area (Å²) in [5.41, 5.74) is -8.64. The van der Waals surface area contributed by atoms with E-state index >= 15 is 26.3 Å². The Labute approximate surface area is 551 Å². The molecule has 22 nitrogen and oxygen atoms in total. The lowest BCUT2D eigenvalue weighted by Crippen LogP contribution is -2.49. The van der Waals surface area contributed by atoms with E-state index < -0.39 is 124 Å². The average molecular weight is 1380 g/mol. The van der Waals surface area contributed by atoms with Crippen LogP contribution in [0.1, 0.15) is 86.6 Å². The highest BCUT2D eigenvalue weighted by Crippen LogP contribution is 2.55. The van der Waals surface area contributed by atoms with Gasteiger partial charge in [0.25, 0.3) is 11.2 Å². The molecule has 8 rings (SSSR count). The van der Waals surface area contributed by atoms with Crippen molar-refractivity contribution >= 4 is 84.1 Å². The largest absolute Gasteiger partial charge is 0.496 e. The monoisotopic (exact) mass is 1380 g/mol. The molecule has 0 aliphatic carbocycles. The van der Waals surface area contributed by atoms with Gasteiger partial charge in [-0.3, -0.25) is 9.13 Å². The number of nitriles is 2. The van der Waals surface area contributed by atoms with E-state index in [2.05, 4.69) is 49.3 Å². The number of hydrogen-bond acceptors (Lipinski definition) is 16. The molecule has 0 radical (unpaired) electrons. The zero-order valence-electron chi connectivity index (χ0n) is 56.2. The van der Waals surface area contributed by atoms with Gasteiger partial charge in [-0.25, -0.2) is 29.1 Å². The average Bonchev–Trinajstić information content (AvgIpc) is 1.42. The molecule has 0 saturated carbocycles. The molecule has 2 N–H and O–H groups in total. The lowest BCUT2D eigenvalue weighted by molar-refractivity contribution is -0.270. The zero-order valence-corrected chi connectivity index (χ0v) is 58.2. The van der Waals surface area contributed by atoms with Crippen molar-refractivity contribution in [3.05, 3.63) is 118 Å². The van der Waals surface area contributed by atoms with Crippen LogP contribution in [-0.2, 0) is 62.7 Å². The minimum absolute atomic E-state index is 0.0269. The van der Waals surface area contributed by atoms with Crippen molar-refractivity contribution in [2.24, 2.45) is 0 Å². The fourth-order valence-electron chi connectivity index (χ4n) is 10.8. The van der Waals surface area contributed by atoms with Crippen LogP contribution in [-0.4, -0.2) is 143 Å². The molecule has 4 heterocycles. The Morgan fingerprint density at radius 1 is 0.552 bits per heavy atom. The van der Waals surface area contributed by atoms with Crippen molar-refractivity contribution in [1.82, 2.24) is 28.2 Å². The topological polar surface area (TPSA) is 276 Å². The number of imidazole rings is 2. The molecule has 0 bridgehead atoms. The number of carbonyl (C=O) groups excluding carboxylic acids is 2. The van der Waals surface area contributed by atoms with Crippen molar-refractivity contribution < 1.29 is 93.6 Å². The third-order valence-corrected chi connectivity index (χ3v) is 18.4. The third-order valence-electron chi connectivity index (χ3n) is 15.0. The van der Waals surface area contributed by atoms with Gasteiger partial charge in [0, 0.05) is 52.5 Å². The number of nitrogens with zero attached hydrogens (tertiary/aromatic N) is 8. The number of hydrogen-bond donors (Lipinski definition) is 2. The smallest absolute Gasteiger partial charge is 0.429 e. The Bertz CT molecular complexity index is 4190. The molecule has 2 atom stereocenters. The fraction of sp³-hybridized carbons (Fsp3) is 0.455. The summed E-state index contributed by atoms with van der Waals surface area (Å²) >= 11 is 0. The van der Waals surface area contributed by atoms with E-state index in [1.807, 2.05) is 12.1 Å². The van der Waals surface area contributed by atoms with E-state index in [9.17, 15) is 39.9 Å². The SMILES string of the molecule is COc1cc(C)c2c(ccn2C(=O)OC(C)(C)C)c1C(OCC(=O)O)(c1nc2cc(C#N)ccc2n1COCC[Si](C)(C)C)C(F)(F)F.COc1cc(C)c2c(ccn2C(=O)OC(C)(C)C)c1C(OCC(=O)O)(c1nc2ccc(C#N)cc2n1COCC[Si](C)(C)C)C(F)(F)F. The summed E-state index contributed by atoms with van der Waals surface area (Å²) in [5, 5.41) is 38.2. The number of methoxy groups -OCH3 is 2. The Morgan fingerprint density at radius 2 is 0.938 bits per heavy atom. The molecular formula is C66H78F6N8O14Si2. The van der Waals surface area contributed by atoms with Gasteiger partial charge in [-0.2, -0.15) is 36.9 Å². The number of carboxylic acids is 2. The first-order valence-electron chi connectivity index (χ1n) is 30.1. The molecule has 0 amide bonds. The van der Waals surface area contributed by atoms with Crippen LogP contribution in [0.15, 0.2) is 73.1 Å². The molecule has 8 aromatic rings. The maximum absolute atomic E-state index is 16.1. The lowest BCUT2D eigenvalue weighted by Gasteiger charge is -2.37. The zero-order chi connectivity index (χ0) is 71.6. The number of rotatable bonds is 22. The van der Waals surface area contributed by atoms with Gasteiger partial charge in [0.05, 0.1) is 81.7 Å². The quantitative estimate of drug-likeness (QED) is 0.0362. The summed E-state index contributed by atoms with van der Waals surface area (Å²) in [7, 11) is -0.831. The molecule has 2 unspecified atom stereocenters. The van der Waals surface area contributed by atoms with E-state index in [4.69, 9.17) is 37.9 Å². The number of carbonyl (C=O) groups is 4. The first-order valence-corrected chi connectivity index (χ1v) is 37.6. The van der Waals surface area contributed by atoms with Gasteiger partial charge in [-0.1, -0.05) is 39.3 Å². The summed E-state index contributed by atoms with van der Waals surface area (Å²) in [5.74, 6) is -5.41. The second kappa shape index (κ2) is 28.1. The number of aryl methyl sites for hydroxylation is 2. The van der Waals surface area contributed by atoms with Gasteiger partial charge in [-0.15, -0.1) is 0 Å². The second-order valence-electron chi connectivity index (χ2n) is 27.2. The number of fused-ring (bicyclic) bond motifs is 4. The van der Waals surface area contributed by atoms with Crippen molar-refractivity contribution in [3.63, 3.8) is 0 Å². The van der Waals surface area contributed by atoms with Crippen LogP contribution in [0, 0.1) is 36.5 Å². The lowest BCUT2D eigenvalue weighted by atomic mass is 9.86. The Morgan fingerprint density at radius 3 is 1.30 bits per heavy atom. The van der Waals surface area contributed by atoms with E-state index in [-0.39, 0.29) is 79.7 Å². The van der Waals surface area contributed by atoms with E-state index in [1.54, 1.807) is 55.4 Å². The van der Waals surface area contributed by atoms with Crippen molar-refractivity contribution in [1.29, 1.82) is 10.5 Å². The van der Waals surface area contributed by atoms with Gasteiger partial charge in [0.15, 0.2) is 11.6 Å². The van der Waals surface area contributed by atoms with Crippen LogP contribution >= 0.6 is 0 Å². The highest BCUT2D eigenvalue weighted by Gasteiger charge is 2.66. The summed E-state index contributed by atoms with van der Waals surface area (Å²) in [6.45, 7) is 22.8. The fourth-order valence-corrected chi connectivity index (χ4v) is 12.3. The Balaban J connectivity index is 0.000000271. The molecular weight excluding hydrogens is 1300 g/mol. The Hall–Kier alpha value is -8.79. The van der Waals surface area contributed by atoms with Gasteiger partial charge >= 0.3 is 36.5 Å². The molecule has 4 aromatic carbocycles. The molecule has 0 fully saturated rings. The van der Waals surface area contributed by atoms with Crippen molar-refractivity contribution in [2.45, 2.75) is 155 Å². The molecule has 0 aliphatic rings. The maximum atomic E-state index is 16.1. The standard InChI is InChI=1S/2C33H39F3N4O7Si/c1-20-15-25(44-5)27(22-11-12-39(28(20)22)30(43)47-31(2,3)4)32(33(34,35)36,46-18-26(41)42)29-38-23-16-21(17-37)9-10-24(23)40(29)19-45-13-14-48(6,7)8;1-20-15-25(44-5)27(22-11-12-39(28(20)22)30(43)47-31(2,3)4)32(33(34,35)36,46-18-26(41)42)29-38-23-10-9-21(17-37)16-24(23)40(29)19-45-13-14-48(6,7)8/h2*9-12,15-16H,13-14,18-19H2,1-8H3,(H,41,42). The molecule has 0 saturated heterocycles. The van der Waals surface area contributed by atoms with Crippen molar-refractivity contribution in [3.8, 4) is 23.6 Å². The maximum Gasteiger partial charge on any atom is 0.429 e. The van der Waals surface area contributed by atoms with Gasteiger partial charge < -0.3 is 57.2 Å². The summed E-state index contributed by atoms with van der Waals surface area (Å²) in [4.78, 5) is 59.1. The van der Waals surface area contributed by atoms with E-state index in [0.29, 0.717) is 17.2 Å². The summed E-state index contributed by atoms with van der Waals surface area (Å²) in [6, 6.07) is 19.0. The van der Waals surface area contributed by atoms with Gasteiger partial charge in [-0.05, 0) is 139 Å². The third kappa shape index (κ3) is 15.9. The normalized spacial score (nSPS) is 13.8. The predicted octanol–water partition coefficient (Wildman–Crippen LogP) is 14.4. The molecule has 96 heavy (non-hydrogen) atoms. The van der Waals surface area contributed by atoms with E-state index in [1.165, 1.54) is 91.8 Å². The van der Waals surface area contributed by atoms with Crippen LogP contribution in [0.2, 0.25) is 51.4 Å². The molecule has 0 spiro atoms. The van der Waals surface area contributed by atoms with Crippen molar-refractivity contribution in [2.75, 3.05) is 40.6 Å². The number of alkyl halides is 6. The van der Waals surface area contributed by atoms with Gasteiger partial charge in [0.1, 0.15) is 49.4 Å². The van der Waals surface area contributed by atoms with Crippen LogP contribution in [0.3, 0.4) is 0 Å². The number of aliphatic carboxylic acids is 2. The second-order valence-corrected chi connectivity index (χ2v) is 38.4. The first kappa shape index (κ1) is 74.6. The van der Waals surface area contributed by atoms with Crippen LogP contribution in [0.25, 0.3) is 43.9 Å². The predicted molar refractivity (Wildman–Crippen MR) is 348 cm³/mol. The molecule has 30 heteroatoms. The molecule has 0 aliphatic heterocycles. The highest BCUT2D eigenvalue weighted by molar-refractivity contribution is 6.76. The van der Waals surface area contributed by atoms with Crippen LogP contribution in [0.4, 0.5) is 35.9 Å². The summed E-state index contributed by atoms with van der Waals surface area (Å²) < 4.78 is 146. The minimum atomic E-state index is -5.37. The van der Waals surface area contributed by atoms with Crippen LogP contribution in [0.5, 0.6) is 11.5 Å².